The van der Waals surface area contributed by atoms with Crippen LogP contribution in [0.5, 0.6) is 0 Å². The first-order valence-electron chi connectivity index (χ1n) is 5.32. The summed E-state index contributed by atoms with van der Waals surface area (Å²) in [7, 11) is 0. The summed E-state index contributed by atoms with van der Waals surface area (Å²) in [6.07, 6.45) is 0. The third-order valence-electron chi connectivity index (χ3n) is 2.49. The minimum atomic E-state index is -0.788. The minimum Gasteiger partial charge on any atom is -0.394 e. The number of aliphatic hydroxyl groups excluding tert-OH is 1. The van der Waals surface area contributed by atoms with Gasteiger partial charge in [-0.1, -0.05) is 13.8 Å². The van der Waals surface area contributed by atoms with E-state index in [0.29, 0.717) is 0 Å². The molecule has 1 atom stereocenters. The number of rotatable bonds is 4. The van der Waals surface area contributed by atoms with Gasteiger partial charge in [-0.25, -0.2) is 8.78 Å². The van der Waals surface area contributed by atoms with Crippen LogP contribution >= 0.6 is 0 Å². The minimum absolute atomic E-state index is 0.000528. The Balaban J connectivity index is 2.86. The molecule has 0 heterocycles. The molecule has 1 aromatic rings. The van der Waals surface area contributed by atoms with Crippen LogP contribution in [0.25, 0.3) is 0 Å². The highest BCUT2D eigenvalue weighted by atomic mass is 19.1. The van der Waals surface area contributed by atoms with Crippen LogP contribution in [0.2, 0.25) is 0 Å². The van der Waals surface area contributed by atoms with E-state index in [1.54, 1.807) is 0 Å². The van der Waals surface area contributed by atoms with Crippen LogP contribution in [0, 0.1) is 17.6 Å². The van der Waals surface area contributed by atoms with E-state index in [9.17, 15) is 13.6 Å². The third-order valence-corrected chi connectivity index (χ3v) is 2.49. The molecular formula is C12H15F2NO2. The van der Waals surface area contributed by atoms with Gasteiger partial charge in [0.2, 0.25) is 0 Å². The fourth-order valence-electron chi connectivity index (χ4n) is 1.34. The molecule has 94 valence electrons. The Morgan fingerprint density at radius 1 is 1.41 bits per heavy atom. The predicted molar refractivity (Wildman–Crippen MR) is 59.5 cm³/mol. The molecule has 1 rings (SSSR count). The standard InChI is InChI=1S/C12H15F2NO2/c1-7(2)11(6-16)15-12(17)9-5-8(13)3-4-10(9)14/h3-5,7,11,16H,6H2,1-2H3,(H,15,17). The molecule has 2 N–H and O–H groups in total. The fourth-order valence-corrected chi connectivity index (χ4v) is 1.34. The SMILES string of the molecule is CC(C)C(CO)NC(=O)c1cc(F)ccc1F. The topological polar surface area (TPSA) is 49.3 Å². The van der Waals surface area contributed by atoms with E-state index in [1.807, 2.05) is 13.8 Å². The number of halogens is 2. The Morgan fingerprint density at radius 3 is 2.59 bits per heavy atom. The molecule has 1 amide bonds. The van der Waals surface area contributed by atoms with Gasteiger partial charge < -0.3 is 10.4 Å². The molecule has 1 unspecified atom stereocenters. The Bertz CT molecular complexity index is 407. The maximum atomic E-state index is 13.3. The highest BCUT2D eigenvalue weighted by Crippen LogP contribution is 2.10. The van der Waals surface area contributed by atoms with E-state index in [-0.39, 0.29) is 18.1 Å². The first-order valence-corrected chi connectivity index (χ1v) is 5.32. The van der Waals surface area contributed by atoms with Crippen LogP contribution < -0.4 is 5.32 Å². The monoisotopic (exact) mass is 243 g/mol. The highest BCUT2D eigenvalue weighted by molar-refractivity contribution is 5.94. The zero-order valence-corrected chi connectivity index (χ0v) is 9.71. The number of hydrogen-bond acceptors (Lipinski definition) is 2. The Morgan fingerprint density at radius 2 is 2.06 bits per heavy atom. The third kappa shape index (κ3) is 3.49. The summed E-state index contributed by atoms with van der Waals surface area (Å²) >= 11 is 0. The molecule has 0 saturated heterocycles. The normalized spacial score (nSPS) is 12.6. The lowest BCUT2D eigenvalue weighted by atomic mass is 10.0. The second-order valence-electron chi connectivity index (χ2n) is 4.13. The van der Waals surface area contributed by atoms with Crippen LogP contribution in [0.1, 0.15) is 24.2 Å². The molecule has 0 aromatic heterocycles. The molecule has 1 aromatic carbocycles. The van der Waals surface area contributed by atoms with Crippen LogP contribution in [0.3, 0.4) is 0 Å². The van der Waals surface area contributed by atoms with Crippen molar-refractivity contribution in [3.05, 3.63) is 35.4 Å². The number of carbonyl (C=O) groups is 1. The van der Waals surface area contributed by atoms with Crippen molar-refractivity contribution >= 4 is 5.91 Å². The van der Waals surface area contributed by atoms with Crippen LogP contribution in [-0.4, -0.2) is 23.7 Å². The summed E-state index contributed by atoms with van der Waals surface area (Å²) in [6.45, 7) is 3.37. The Kier molecular flexibility index (Phi) is 4.57. The number of aliphatic hydroxyl groups is 1. The van der Waals surface area contributed by atoms with Gasteiger partial charge in [0.15, 0.2) is 0 Å². The van der Waals surface area contributed by atoms with Crippen molar-refractivity contribution in [2.45, 2.75) is 19.9 Å². The van der Waals surface area contributed by atoms with Gasteiger partial charge in [-0.3, -0.25) is 4.79 Å². The Labute approximate surface area is 98.5 Å². The zero-order valence-electron chi connectivity index (χ0n) is 9.71. The summed E-state index contributed by atoms with van der Waals surface area (Å²) in [5, 5.41) is 11.5. The summed E-state index contributed by atoms with van der Waals surface area (Å²) in [4.78, 5) is 11.7. The van der Waals surface area contributed by atoms with Gasteiger partial charge >= 0.3 is 0 Å². The summed E-state index contributed by atoms with van der Waals surface area (Å²) < 4.78 is 26.2. The van der Waals surface area contributed by atoms with Gasteiger partial charge in [0.25, 0.3) is 5.91 Å². The largest absolute Gasteiger partial charge is 0.394 e. The number of benzene rings is 1. The lowest BCUT2D eigenvalue weighted by molar-refractivity contribution is 0.0892. The molecule has 0 spiro atoms. The van der Waals surface area contributed by atoms with Gasteiger partial charge in [-0.15, -0.1) is 0 Å². The number of nitrogens with one attached hydrogen (secondary N) is 1. The van der Waals surface area contributed by atoms with Crippen molar-refractivity contribution in [1.82, 2.24) is 5.32 Å². The maximum absolute atomic E-state index is 13.3. The van der Waals surface area contributed by atoms with Crippen molar-refractivity contribution in [2.75, 3.05) is 6.61 Å². The molecule has 17 heavy (non-hydrogen) atoms. The van der Waals surface area contributed by atoms with Gasteiger partial charge in [0.05, 0.1) is 18.2 Å². The van der Waals surface area contributed by atoms with E-state index in [1.165, 1.54) is 0 Å². The average molecular weight is 243 g/mol. The highest BCUT2D eigenvalue weighted by Gasteiger charge is 2.18. The number of carbonyl (C=O) groups excluding carboxylic acids is 1. The first kappa shape index (κ1) is 13.6. The van der Waals surface area contributed by atoms with Gasteiger partial charge in [0.1, 0.15) is 11.6 Å². The summed E-state index contributed by atoms with van der Waals surface area (Å²) in [5.41, 5.74) is -0.357. The molecule has 5 heteroatoms. The van der Waals surface area contributed by atoms with E-state index in [2.05, 4.69) is 5.32 Å². The van der Waals surface area contributed by atoms with E-state index >= 15 is 0 Å². The fraction of sp³-hybridized carbons (Fsp3) is 0.417. The van der Waals surface area contributed by atoms with E-state index in [0.717, 1.165) is 18.2 Å². The molecular weight excluding hydrogens is 228 g/mol. The molecule has 0 bridgehead atoms. The lowest BCUT2D eigenvalue weighted by Crippen LogP contribution is -2.41. The average Bonchev–Trinajstić information content (AvgIpc) is 2.28. The Hall–Kier alpha value is -1.49. The predicted octanol–water partition coefficient (Wildman–Crippen LogP) is 1.71. The van der Waals surface area contributed by atoms with Crippen LogP contribution in [0.4, 0.5) is 8.78 Å². The molecule has 0 aliphatic carbocycles. The molecule has 0 aliphatic rings. The van der Waals surface area contributed by atoms with Crippen molar-refractivity contribution < 1.29 is 18.7 Å². The van der Waals surface area contributed by atoms with E-state index in [4.69, 9.17) is 5.11 Å². The maximum Gasteiger partial charge on any atom is 0.254 e. The number of hydrogen-bond donors (Lipinski definition) is 2. The summed E-state index contributed by atoms with van der Waals surface area (Å²) in [6, 6.07) is 2.19. The van der Waals surface area contributed by atoms with Crippen molar-refractivity contribution in [3.8, 4) is 0 Å². The van der Waals surface area contributed by atoms with Gasteiger partial charge in [0, 0.05) is 0 Å². The van der Waals surface area contributed by atoms with Crippen molar-refractivity contribution in [2.24, 2.45) is 5.92 Å². The second kappa shape index (κ2) is 5.72. The van der Waals surface area contributed by atoms with E-state index < -0.39 is 23.6 Å². The quantitative estimate of drug-likeness (QED) is 0.845. The van der Waals surface area contributed by atoms with Crippen molar-refractivity contribution in [1.29, 1.82) is 0 Å². The van der Waals surface area contributed by atoms with Crippen LogP contribution in [-0.2, 0) is 0 Å². The molecule has 0 fully saturated rings. The summed E-state index contributed by atoms with van der Waals surface area (Å²) in [5.74, 6) is -2.19. The van der Waals surface area contributed by atoms with Gasteiger partial charge in [-0.05, 0) is 24.1 Å². The zero-order chi connectivity index (χ0) is 13.0. The molecule has 0 radical (unpaired) electrons. The number of amides is 1. The molecule has 3 nitrogen and oxygen atoms in total. The molecule has 0 aliphatic heterocycles. The van der Waals surface area contributed by atoms with Gasteiger partial charge in [-0.2, -0.15) is 0 Å². The lowest BCUT2D eigenvalue weighted by Gasteiger charge is -2.20. The first-order chi connectivity index (χ1) is 7.95. The van der Waals surface area contributed by atoms with Crippen molar-refractivity contribution in [3.63, 3.8) is 0 Å². The smallest absolute Gasteiger partial charge is 0.254 e. The molecule has 0 saturated carbocycles. The second-order valence-corrected chi connectivity index (χ2v) is 4.13. The van der Waals surface area contributed by atoms with Crippen LogP contribution in [0.15, 0.2) is 18.2 Å².